The zero-order valence-corrected chi connectivity index (χ0v) is 8.68. The van der Waals surface area contributed by atoms with Crippen molar-refractivity contribution in [3.63, 3.8) is 0 Å². The van der Waals surface area contributed by atoms with Gasteiger partial charge in [0, 0.05) is 0 Å². The van der Waals surface area contributed by atoms with Crippen LogP contribution in [0.1, 0.15) is 13.8 Å². The summed E-state index contributed by atoms with van der Waals surface area (Å²) in [6.07, 6.45) is 0.200. The number of allylic oxidation sites excluding steroid dienone is 1. The molecule has 82 valence electrons. The van der Waals surface area contributed by atoms with Crippen LogP contribution in [0.3, 0.4) is 0 Å². The molecule has 4 nitrogen and oxygen atoms in total. The predicted molar refractivity (Wildman–Crippen MR) is 53.2 cm³/mol. The lowest BCUT2D eigenvalue weighted by Crippen LogP contribution is -2.32. The molecule has 1 heterocycles. The van der Waals surface area contributed by atoms with Crippen LogP contribution in [0.25, 0.3) is 0 Å². The number of ether oxygens (including phenoxy) is 1. The zero-order chi connectivity index (χ0) is 11.2. The van der Waals surface area contributed by atoms with Crippen LogP contribution in [0.2, 0.25) is 0 Å². The molecule has 2 N–H and O–H groups in total. The molecule has 2 aliphatic rings. The fourth-order valence-corrected chi connectivity index (χ4v) is 1.79. The lowest BCUT2D eigenvalue weighted by molar-refractivity contribution is -0.116. The average molecular weight is 210 g/mol. The number of aliphatic hydroxyl groups excluding tert-OH is 2. The van der Waals surface area contributed by atoms with E-state index in [9.17, 15) is 15.0 Å². The first-order valence-corrected chi connectivity index (χ1v) is 4.92. The molecule has 0 bridgehead atoms. The molecule has 0 radical (unpaired) electrons. The molecule has 0 spiro atoms. The topological polar surface area (TPSA) is 70.1 Å². The van der Waals surface area contributed by atoms with E-state index in [-0.39, 0.29) is 5.78 Å². The molecule has 1 aliphatic heterocycles. The quantitative estimate of drug-likeness (QED) is 0.495. The van der Waals surface area contributed by atoms with Crippen molar-refractivity contribution in [3.05, 3.63) is 23.3 Å². The van der Waals surface area contributed by atoms with Crippen LogP contribution in [-0.2, 0) is 9.53 Å². The van der Waals surface area contributed by atoms with E-state index in [1.165, 1.54) is 6.08 Å². The lowest BCUT2D eigenvalue weighted by Gasteiger charge is -2.19. The molecule has 1 aliphatic carbocycles. The van der Waals surface area contributed by atoms with Crippen molar-refractivity contribution in [2.75, 3.05) is 0 Å². The zero-order valence-electron chi connectivity index (χ0n) is 8.68. The Morgan fingerprint density at radius 2 is 2.27 bits per heavy atom. The molecule has 1 saturated heterocycles. The molecular weight excluding hydrogens is 196 g/mol. The standard InChI is InChI=1S/C11H14O4/c1-5(2)3-7(12)6-4-8(13)10-11(15-10)9(6)14/h3-4,7,9-12,14H,1-2H3/t7-,9+,10-,11+/m1/s1. The van der Waals surface area contributed by atoms with Crippen molar-refractivity contribution in [1.82, 2.24) is 0 Å². The highest BCUT2D eigenvalue weighted by Crippen LogP contribution is 2.35. The van der Waals surface area contributed by atoms with Gasteiger partial charge >= 0.3 is 0 Å². The van der Waals surface area contributed by atoms with Gasteiger partial charge in [-0.2, -0.15) is 0 Å². The Bertz CT molecular complexity index is 352. The van der Waals surface area contributed by atoms with Gasteiger partial charge in [0.2, 0.25) is 0 Å². The van der Waals surface area contributed by atoms with E-state index in [1.54, 1.807) is 6.08 Å². The van der Waals surface area contributed by atoms with Gasteiger partial charge in [-0.3, -0.25) is 4.79 Å². The summed E-state index contributed by atoms with van der Waals surface area (Å²) in [6.45, 7) is 3.69. The van der Waals surface area contributed by atoms with Crippen LogP contribution >= 0.6 is 0 Å². The van der Waals surface area contributed by atoms with E-state index in [1.807, 2.05) is 13.8 Å². The second-order valence-electron chi connectivity index (χ2n) is 4.20. The van der Waals surface area contributed by atoms with Crippen LogP contribution < -0.4 is 0 Å². The van der Waals surface area contributed by atoms with Crippen molar-refractivity contribution in [3.8, 4) is 0 Å². The van der Waals surface area contributed by atoms with Crippen LogP contribution in [0.4, 0.5) is 0 Å². The molecule has 0 amide bonds. The Kier molecular flexibility index (Phi) is 2.50. The Morgan fingerprint density at radius 3 is 2.87 bits per heavy atom. The molecule has 0 aromatic carbocycles. The Balaban J connectivity index is 2.21. The minimum absolute atomic E-state index is 0.165. The second-order valence-corrected chi connectivity index (χ2v) is 4.20. The van der Waals surface area contributed by atoms with Gasteiger partial charge in [-0.15, -0.1) is 0 Å². The maximum atomic E-state index is 11.3. The molecule has 4 atom stereocenters. The van der Waals surface area contributed by atoms with E-state index >= 15 is 0 Å². The van der Waals surface area contributed by atoms with Crippen molar-refractivity contribution < 1.29 is 19.7 Å². The highest BCUT2D eigenvalue weighted by molar-refractivity contribution is 5.98. The van der Waals surface area contributed by atoms with E-state index in [2.05, 4.69) is 0 Å². The van der Waals surface area contributed by atoms with E-state index in [0.717, 1.165) is 5.57 Å². The number of carbonyl (C=O) groups is 1. The predicted octanol–water partition coefficient (Wildman–Crippen LogP) is -0.0491. The third-order valence-electron chi connectivity index (χ3n) is 2.60. The van der Waals surface area contributed by atoms with Gasteiger partial charge < -0.3 is 14.9 Å². The van der Waals surface area contributed by atoms with Crippen LogP contribution in [0.5, 0.6) is 0 Å². The molecule has 0 saturated carbocycles. The smallest absolute Gasteiger partial charge is 0.187 e. The van der Waals surface area contributed by atoms with Gasteiger partial charge in [0.25, 0.3) is 0 Å². The lowest BCUT2D eigenvalue weighted by atomic mass is 9.91. The number of ketones is 1. The summed E-state index contributed by atoms with van der Waals surface area (Å²) in [5, 5.41) is 19.5. The number of epoxide rings is 1. The Morgan fingerprint density at radius 1 is 1.60 bits per heavy atom. The van der Waals surface area contributed by atoms with Gasteiger partial charge in [0.05, 0.1) is 6.10 Å². The largest absolute Gasteiger partial charge is 0.386 e. The molecule has 2 rings (SSSR count). The SMILES string of the molecule is CC(C)=C[C@@H](O)C1=CC(=O)[C@H]2O[C@H]2[C@H]1O. The summed E-state index contributed by atoms with van der Waals surface area (Å²) in [5.41, 5.74) is 1.27. The molecular formula is C11H14O4. The van der Waals surface area contributed by atoms with Crippen molar-refractivity contribution in [2.24, 2.45) is 0 Å². The first-order chi connectivity index (χ1) is 7.00. The third-order valence-corrected chi connectivity index (χ3v) is 2.60. The summed E-state index contributed by atoms with van der Waals surface area (Å²) < 4.78 is 5.00. The van der Waals surface area contributed by atoms with Crippen LogP contribution in [0, 0.1) is 0 Å². The Hall–Kier alpha value is -0.970. The van der Waals surface area contributed by atoms with Crippen molar-refractivity contribution in [1.29, 1.82) is 0 Å². The summed E-state index contributed by atoms with van der Waals surface area (Å²) in [5.74, 6) is -0.165. The number of rotatable bonds is 2. The van der Waals surface area contributed by atoms with Gasteiger partial charge in [-0.1, -0.05) is 11.6 Å². The monoisotopic (exact) mass is 210 g/mol. The van der Waals surface area contributed by atoms with Crippen molar-refractivity contribution in [2.45, 2.75) is 38.3 Å². The number of hydrogen-bond donors (Lipinski definition) is 2. The summed E-state index contributed by atoms with van der Waals surface area (Å²) in [6, 6.07) is 0. The normalized spacial score (nSPS) is 35.3. The van der Waals surface area contributed by atoms with Gasteiger partial charge in [-0.25, -0.2) is 0 Å². The number of hydrogen-bond acceptors (Lipinski definition) is 4. The molecule has 1 fully saturated rings. The van der Waals surface area contributed by atoms with Gasteiger partial charge in [-0.05, 0) is 25.5 Å². The average Bonchev–Trinajstić information content (AvgIpc) is 2.89. The van der Waals surface area contributed by atoms with E-state index in [0.29, 0.717) is 5.57 Å². The summed E-state index contributed by atoms with van der Waals surface area (Å²) in [7, 11) is 0. The van der Waals surface area contributed by atoms with Crippen LogP contribution in [-0.4, -0.2) is 40.4 Å². The molecule has 4 heteroatoms. The van der Waals surface area contributed by atoms with E-state index in [4.69, 9.17) is 4.74 Å². The highest BCUT2D eigenvalue weighted by Gasteiger charge is 2.53. The maximum Gasteiger partial charge on any atom is 0.187 e. The minimum atomic E-state index is -0.904. The van der Waals surface area contributed by atoms with Crippen LogP contribution in [0.15, 0.2) is 23.3 Å². The first kappa shape index (κ1) is 10.5. The maximum absolute atomic E-state index is 11.3. The fourth-order valence-electron chi connectivity index (χ4n) is 1.79. The molecule has 0 aromatic heterocycles. The van der Waals surface area contributed by atoms with E-state index < -0.39 is 24.4 Å². The number of fused-ring (bicyclic) bond motifs is 1. The summed E-state index contributed by atoms with van der Waals surface area (Å²) in [4.78, 5) is 11.3. The highest BCUT2D eigenvalue weighted by atomic mass is 16.6. The number of aliphatic hydroxyl groups is 2. The third kappa shape index (κ3) is 1.88. The van der Waals surface area contributed by atoms with Gasteiger partial charge in [0.1, 0.15) is 18.3 Å². The Labute approximate surface area is 87.9 Å². The van der Waals surface area contributed by atoms with Crippen molar-refractivity contribution >= 4 is 5.78 Å². The molecule has 0 aromatic rings. The second kappa shape index (κ2) is 3.56. The summed E-state index contributed by atoms with van der Waals surface area (Å²) >= 11 is 0. The fraction of sp³-hybridized carbons (Fsp3) is 0.545. The first-order valence-electron chi connectivity index (χ1n) is 4.92. The molecule has 0 unspecified atom stereocenters. The van der Waals surface area contributed by atoms with Gasteiger partial charge in [0.15, 0.2) is 5.78 Å². The minimum Gasteiger partial charge on any atom is -0.386 e. The number of carbonyl (C=O) groups excluding carboxylic acids is 1. The molecule has 15 heavy (non-hydrogen) atoms.